The summed E-state index contributed by atoms with van der Waals surface area (Å²) in [5.74, 6) is -1.12. The Morgan fingerprint density at radius 2 is 1.65 bits per heavy atom. The minimum Gasteiger partial charge on any atom is -0.454 e. The van der Waals surface area contributed by atoms with Gasteiger partial charge in [0.1, 0.15) is 0 Å². The third-order valence-corrected chi connectivity index (χ3v) is 4.05. The monoisotopic (exact) mass is 349 g/mol. The first-order valence-electron chi connectivity index (χ1n) is 7.90. The fourth-order valence-corrected chi connectivity index (χ4v) is 2.59. The number of hydrogen-bond acceptors (Lipinski definition) is 5. The van der Waals surface area contributed by atoms with E-state index in [9.17, 15) is 19.7 Å². The van der Waals surface area contributed by atoms with E-state index in [-0.39, 0.29) is 11.3 Å². The van der Waals surface area contributed by atoms with Crippen molar-refractivity contribution in [2.24, 2.45) is 0 Å². The lowest BCUT2D eigenvalue weighted by Gasteiger charge is -2.06. The van der Waals surface area contributed by atoms with E-state index in [1.54, 1.807) is 25.1 Å². The van der Waals surface area contributed by atoms with E-state index in [2.05, 4.69) is 0 Å². The van der Waals surface area contributed by atoms with Crippen molar-refractivity contribution in [3.63, 3.8) is 0 Å². The number of carbonyl (C=O) groups excluding carboxylic acids is 2. The number of esters is 1. The number of Topliss-reactive ketones (excluding diaryl/α,β-unsaturated/α-hetero) is 1. The van der Waals surface area contributed by atoms with Crippen molar-refractivity contribution in [2.45, 2.75) is 6.92 Å². The lowest BCUT2D eigenvalue weighted by atomic mass is 10.1. The molecule has 0 aliphatic heterocycles. The summed E-state index contributed by atoms with van der Waals surface area (Å²) in [5.41, 5.74) is 0.788. The molecule has 0 radical (unpaired) electrons. The highest BCUT2D eigenvalue weighted by Crippen LogP contribution is 2.20. The van der Waals surface area contributed by atoms with Gasteiger partial charge in [0.15, 0.2) is 6.61 Å². The SMILES string of the molecule is Cc1ccc(C(=O)COC(=O)c2ccc3ccccc3c2)cc1[N+](=O)[O-]. The third-order valence-electron chi connectivity index (χ3n) is 4.05. The Kier molecular flexibility index (Phi) is 4.75. The van der Waals surface area contributed by atoms with E-state index < -0.39 is 23.3 Å². The molecule has 0 saturated heterocycles. The van der Waals surface area contributed by atoms with Gasteiger partial charge in [-0.1, -0.05) is 42.5 Å². The lowest BCUT2D eigenvalue weighted by molar-refractivity contribution is -0.385. The van der Waals surface area contributed by atoms with Gasteiger partial charge in [0, 0.05) is 17.2 Å². The van der Waals surface area contributed by atoms with E-state index in [0.717, 1.165) is 10.8 Å². The Balaban J connectivity index is 1.71. The van der Waals surface area contributed by atoms with Crippen LogP contribution in [0, 0.1) is 17.0 Å². The summed E-state index contributed by atoms with van der Waals surface area (Å²) >= 11 is 0. The number of hydrogen-bond donors (Lipinski definition) is 0. The second kappa shape index (κ2) is 7.14. The zero-order valence-corrected chi connectivity index (χ0v) is 14.0. The van der Waals surface area contributed by atoms with Crippen LogP contribution in [0.4, 0.5) is 5.69 Å². The van der Waals surface area contributed by atoms with Crippen molar-refractivity contribution in [1.82, 2.24) is 0 Å². The maximum Gasteiger partial charge on any atom is 0.338 e. The van der Waals surface area contributed by atoms with Crippen molar-refractivity contribution in [3.05, 3.63) is 87.5 Å². The topological polar surface area (TPSA) is 86.5 Å². The molecule has 0 amide bonds. The van der Waals surface area contributed by atoms with Gasteiger partial charge in [0.05, 0.1) is 10.5 Å². The first-order chi connectivity index (χ1) is 12.5. The summed E-state index contributed by atoms with van der Waals surface area (Å²) in [7, 11) is 0. The molecule has 0 unspecified atom stereocenters. The lowest BCUT2D eigenvalue weighted by Crippen LogP contribution is -2.14. The molecule has 0 spiro atoms. The molecule has 0 fully saturated rings. The third kappa shape index (κ3) is 3.59. The number of nitrogens with zero attached hydrogens (tertiary/aromatic N) is 1. The van der Waals surface area contributed by atoms with Gasteiger partial charge in [-0.25, -0.2) is 4.79 Å². The molecule has 3 aromatic rings. The molecule has 0 N–H and O–H groups in total. The van der Waals surface area contributed by atoms with Gasteiger partial charge in [0.25, 0.3) is 5.69 Å². The molecule has 130 valence electrons. The van der Waals surface area contributed by atoms with Crippen LogP contribution in [0.5, 0.6) is 0 Å². The number of ketones is 1. The van der Waals surface area contributed by atoms with Crippen LogP contribution in [-0.4, -0.2) is 23.3 Å². The van der Waals surface area contributed by atoms with E-state index >= 15 is 0 Å². The summed E-state index contributed by atoms with van der Waals surface area (Å²) in [6.07, 6.45) is 0. The Morgan fingerprint density at radius 3 is 2.38 bits per heavy atom. The first kappa shape index (κ1) is 17.3. The Hall–Kier alpha value is -3.54. The molecule has 0 saturated carbocycles. The van der Waals surface area contributed by atoms with Gasteiger partial charge < -0.3 is 4.74 Å². The molecule has 6 nitrogen and oxygen atoms in total. The molecule has 6 heteroatoms. The van der Waals surface area contributed by atoms with Gasteiger partial charge in [-0.2, -0.15) is 0 Å². The van der Waals surface area contributed by atoms with Crippen molar-refractivity contribution in [3.8, 4) is 0 Å². The van der Waals surface area contributed by atoms with Crippen molar-refractivity contribution >= 4 is 28.2 Å². The highest BCUT2D eigenvalue weighted by Gasteiger charge is 2.17. The molecule has 0 heterocycles. The number of nitro benzene ring substituents is 1. The molecule has 0 aliphatic carbocycles. The minimum absolute atomic E-state index is 0.133. The predicted octanol–water partition coefficient (Wildman–Crippen LogP) is 4.10. The van der Waals surface area contributed by atoms with Gasteiger partial charge >= 0.3 is 5.97 Å². The van der Waals surface area contributed by atoms with Gasteiger partial charge in [-0.05, 0) is 29.8 Å². The average Bonchev–Trinajstić information content (AvgIpc) is 2.65. The van der Waals surface area contributed by atoms with Gasteiger partial charge in [-0.3, -0.25) is 14.9 Å². The maximum absolute atomic E-state index is 12.2. The predicted molar refractivity (Wildman–Crippen MR) is 96.4 cm³/mol. The van der Waals surface area contributed by atoms with Crippen LogP contribution in [0.3, 0.4) is 0 Å². The summed E-state index contributed by atoms with van der Waals surface area (Å²) < 4.78 is 5.07. The molecular formula is C20H15NO5. The molecule has 0 aromatic heterocycles. The van der Waals surface area contributed by atoms with Crippen LogP contribution in [0.15, 0.2) is 60.7 Å². The summed E-state index contributed by atoms with van der Waals surface area (Å²) in [4.78, 5) is 34.8. The van der Waals surface area contributed by atoms with Crippen molar-refractivity contribution in [2.75, 3.05) is 6.61 Å². The molecule has 3 aromatic carbocycles. The number of carbonyl (C=O) groups is 2. The summed E-state index contributed by atoms with van der Waals surface area (Å²) in [6.45, 7) is 1.11. The van der Waals surface area contributed by atoms with E-state index in [4.69, 9.17) is 4.74 Å². The average molecular weight is 349 g/mol. The van der Waals surface area contributed by atoms with Crippen LogP contribution < -0.4 is 0 Å². The highest BCUT2D eigenvalue weighted by molar-refractivity contribution is 6.00. The molecule has 0 bridgehead atoms. The standard InChI is InChI=1S/C20H15NO5/c1-13-6-7-16(11-18(13)21(24)25)19(22)12-26-20(23)17-9-8-14-4-2-3-5-15(14)10-17/h2-11H,12H2,1H3. The quantitative estimate of drug-likeness (QED) is 0.300. The minimum atomic E-state index is -0.620. The summed E-state index contributed by atoms with van der Waals surface area (Å²) in [5, 5.41) is 12.8. The highest BCUT2D eigenvalue weighted by atomic mass is 16.6. The number of fused-ring (bicyclic) bond motifs is 1. The largest absolute Gasteiger partial charge is 0.454 e. The maximum atomic E-state index is 12.2. The van der Waals surface area contributed by atoms with Crippen molar-refractivity contribution in [1.29, 1.82) is 0 Å². The molecular weight excluding hydrogens is 334 g/mol. The molecule has 3 rings (SSSR count). The Bertz CT molecular complexity index is 1030. The van der Waals surface area contributed by atoms with Crippen LogP contribution in [0.1, 0.15) is 26.3 Å². The fraction of sp³-hybridized carbons (Fsp3) is 0.100. The number of nitro groups is 1. The zero-order chi connectivity index (χ0) is 18.7. The zero-order valence-electron chi connectivity index (χ0n) is 14.0. The van der Waals surface area contributed by atoms with Crippen molar-refractivity contribution < 1.29 is 19.2 Å². The number of aryl methyl sites for hydroxylation is 1. The van der Waals surface area contributed by atoms with E-state index in [0.29, 0.717) is 11.1 Å². The van der Waals surface area contributed by atoms with Crippen LogP contribution in [-0.2, 0) is 4.74 Å². The van der Waals surface area contributed by atoms with Crippen LogP contribution >= 0.6 is 0 Å². The van der Waals surface area contributed by atoms with E-state index in [1.807, 2.05) is 24.3 Å². The second-order valence-electron chi connectivity index (χ2n) is 5.82. The molecule has 26 heavy (non-hydrogen) atoms. The van der Waals surface area contributed by atoms with Crippen LogP contribution in [0.25, 0.3) is 10.8 Å². The smallest absolute Gasteiger partial charge is 0.338 e. The number of ether oxygens (including phenoxy) is 1. The van der Waals surface area contributed by atoms with Gasteiger partial charge in [0.2, 0.25) is 5.78 Å². The molecule has 0 atom stereocenters. The number of rotatable bonds is 5. The Labute approximate surface area is 149 Å². The number of benzene rings is 3. The second-order valence-corrected chi connectivity index (χ2v) is 5.82. The summed E-state index contributed by atoms with van der Waals surface area (Å²) in [6, 6.07) is 16.9. The van der Waals surface area contributed by atoms with E-state index in [1.165, 1.54) is 18.2 Å². The molecule has 0 aliphatic rings. The Morgan fingerprint density at radius 1 is 0.962 bits per heavy atom. The fourth-order valence-electron chi connectivity index (χ4n) is 2.59. The first-order valence-corrected chi connectivity index (χ1v) is 7.90. The normalized spacial score (nSPS) is 10.5. The van der Waals surface area contributed by atoms with Gasteiger partial charge in [-0.15, -0.1) is 0 Å². The van der Waals surface area contributed by atoms with Crippen LogP contribution in [0.2, 0.25) is 0 Å².